The number of alkyl halides is 1. The summed E-state index contributed by atoms with van der Waals surface area (Å²) in [5.41, 5.74) is 2.20. The Morgan fingerprint density at radius 1 is 1.32 bits per heavy atom. The Balaban J connectivity index is 2.09. The molecule has 0 atom stereocenters. The largest absolute Gasteiger partial charge is 0.481 e. The van der Waals surface area contributed by atoms with Crippen LogP contribution in [0, 0.1) is 0 Å². The van der Waals surface area contributed by atoms with Crippen LogP contribution in [0.3, 0.4) is 0 Å². The molecule has 1 aromatic carbocycles. The third-order valence-electron chi connectivity index (χ3n) is 2.62. The molecular weight excluding hydrogens is 262 g/mol. The van der Waals surface area contributed by atoms with Gasteiger partial charge in [-0.05, 0) is 30.5 Å². The van der Waals surface area contributed by atoms with Gasteiger partial charge in [0.05, 0.1) is 7.11 Å². The van der Waals surface area contributed by atoms with Gasteiger partial charge in [0.2, 0.25) is 11.8 Å². The van der Waals surface area contributed by atoms with E-state index in [1.807, 2.05) is 12.1 Å². The Bertz CT molecular complexity index is 534. The van der Waals surface area contributed by atoms with E-state index < -0.39 is 0 Å². The predicted octanol–water partition coefficient (Wildman–Crippen LogP) is 3.40. The highest BCUT2D eigenvalue weighted by molar-refractivity contribution is 6.17. The molecule has 1 heterocycles. The van der Waals surface area contributed by atoms with Crippen LogP contribution in [0.1, 0.15) is 12.0 Å². The van der Waals surface area contributed by atoms with Crippen molar-refractivity contribution in [1.82, 2.24) is 9.97 Å². The Morgan fingerprint density at radius 2 is 2.21 bits per heavy atom. The molecule has 2 rings (SSSR count). The summed E-state index contributed by atoms with van der Waals surface area (Å²) in [5, 5.41) is 3.16. The molecule has 0 bridgehead atoms. The molecule has 4 nitrogen and oxygen atoms in total. The lowest BCUT2D eigenvalue weighted by atomic mass is 10.1. The number of methoxy groups -OCH3 is 1. The fourth-order valence-corrected chi connectivity index (χ4v) is 1.85. The maximum Gasteiger partial charge on any atom is 0.230 e. The predicted molar refractivity (Wildman–Crippen MR) is 77.3 cm³/mol. The highest BCUT2D eigenvalue weighted by Gasteiger charge is 2.01. The van der Waals surface area contributed by atoms with Crippen LogP contribution in [0.5, 0.6) is 5.88 Å². The van der Waals surface area contributed by atoms with Gasteiger partial charge in [-0.15, -0.1) is 11.6 Å². The summed E-state index contributed by atoms with van der Waals surface area (Å²) in [6.07, 6.45) is 3.60. The van der Waals surface area contributed by atoms with Crippen LogP contribution in [0.15, 0.2) is 36.5 Å². The molecule has 1 N–H and O–H groups in total. The van der Waals surface area contributed by atoms with Crippen molar-refractivity contribution in [2.24, 2.45) is 0 Å². The van der Waals surface area contributed by atoms with E-state index in [1.54, 1.807) is 19.4 Å². The Morgan fingerprint density at radius 3 is 3.00 bits per heavy atom. The molecule has 100 valence electrons. The van der Waals surface area contributed by atoms with E-state index >= 15 is 0 Å². The molecule has 1 aromatic heterocycles. The third-order valence-corrected chi connectivity index (χ3v) is 2.89. The molecule has 2 aromatic rings. The fourth-order valence-electron chi connectivity index (χ4n) is 1.72. The van der Waals surface area contributed by atoms with E-state index in [0.717, 1.165) is 18.5 Å². The van der Waals surface area contributed by atoms with Gasteiger partial charge in [-0.1, -0.05) is 12.1 Å². The van der Waals surface area contributed by atoms with E-state index in [2.05, 4.69) is 27.4 Å². The van der Waals surface area contributed by atoms with Gasteiger partial charge in [0.1, 0.15) is 0 Å². The molecule has 0 saturated heterocycles. The summed E-state index contributed by atoms with van der Waals surface area (Å²) < 4.78 is 5.06. The number of anilines is 2. The molecule has 0 fully saturated rings. The zero-order valence-corrected chi connectivity index (χ0v) is 11.5. The minimum Gasteiger partial charge on any atom is -0.481 e. The van der Waals surface area contributed by atoms with Gasteiger partial charge >= 0.3 is 0 Å². The van der Waals surface area contributed by atoms with Gasteiger partial charge in [-0.3, -0.25) is 0 Å². The van der Waals surface area contributed by atoms with Crippen LogP contribution < -0.4 is 10.1 Å². The smallest absolute Gasteiger partial charge is 0.230 e. The Hall–Kier alpha value is -1.81. The summed E-state index contributed by atoms with van der Waals surface area (Å²) in [5.74, 6) is 1.74. The van der Waals surface area contributed by atoms with Gasteiger partial charge in [0, 0.05) is 23.8 Å². The van der Waals surface area contributed by atoms with Crippen LogP contribution in [0.25, 0.3) is 0 Å². The highest BCUT2D eigenvalue weighted by atomic mass is 35.5. The number of halogens is 1. The molecule has 0 unspecified atom stereocenters. The number of aryl methyl sites for hydroxylation is 1. The second kappa shape index (κ2) is 6.95. The van der Waals surface area contributed by atoms with Crippen molar-refractivity contribution in [3.63, 3.8) is 0 Å². The molecule has 0 saturated carbocycles. The zero-order valence-electron chi connectivity index (χ0n) is 10.8. The van der Waals surface area contributed by atoms with E-state index in [-0.39, 0.29) is 0 Å². The fraction of sp³-hybridized carbons (Fsp3) is 0.286. The molecule has 0 aliphatic rings. The van der Waals surface area contributed by atoms with Crippen LogP contribution in [0.2, 0.25) is 0 Å². The molecule has 0 radical (unpaired) electrons. The first-order chi connectivity index (χ1) is 9.31. The number of nitrogens with zero attached hydrogens (tertiary/aromatic N) is 2. The molecule has 0 amide bonds. The van der Waals surface area contributed by atoms with E-state index in [9.17, 15) is 0 Å². The van der Waals surface area contributed by atoms with Crippen molar-refractivity contribution in [2.75, 3.05) is 18.3 Å². The van der Waals surface area contributed by atoms with Crippen molar-refractivity contribution in [3.8, 4) is 5.88 Å². The first-order valence-electron chi connectivity index (χ1n) is 6.11. The molecule has 0 aliphatic carbocycles. The topological polar surface area (TPSA) is 47.0 Å². The monoisotopic (exact) mass is 277 g/mol. The molecule has 5 heteroatoms. The van der Waals surface area contributed by atoms with Gasteiger partial charge in [-0.25, -0.2) is 4.98 Å². The normalized spacial score (nSPS) is 10.2. The van der Waals surface area contributed by atoms with Crippen molar-refractivity contribution in [1.29, 1.82) is 0 Å². The van der Waals surface area contributed by atoms with Crippen LogP contribution in [-0.4, -0.2) is 23.0 Å². The second-order valence-corrected chi connectivity index (χ2v) is 4.42. The summed E-state index contributed by atoms with van der Waals surface area (Å²) in [4.78, 5) is 8.36. The number of ether oxygens (including phenoxy) is 1. The average molecular weight is 278 g/mol. The second-order valence-electron chi connectivity index (χ2n) is 4.04. The quantitative estimate of drug-likeness (QED) is 0.822. The van der Waals surface area contributed by atoms with Crippen molar-refractivity contribution < 1.29 is 4.74 Å². The highest BCUT2D eigenvalue weighted by Crippen LogP contribution is 2.17. The summed E-state index contributed by atoms with van der Waals surface area (Å²) in [6.45, 7) is 0. The lowest BCUT2D eigenvalue weighted by molar-refractivity contribution is 0.397. The van der Waals surface area contributed by atoms with Crippen LogP contribution in [0.4, 0.5) is 11.6 Å². The number of hydrogen-bond acceptors (Lipinski definition) is 4. The van der Waals surface area contributed by atoms with Crippen LogP contribution >= 0.6 is 11.6 Å². The first kappa shape index (κ1) is 13.6. The Labute approximate surface area is 117 Å². The molecule has 0 aliphatic heterocycles. The maximum atomic E-state index is 5.70. The van der Waals surface area contributed by atoms with E-state index in [4.69, 9.17) is 16.3 Å². The maximum absolute atomic E-state index is 5.70. The summed E-state index contributed by atoms with van der Waals surface area (Å²) >= 11 is 5.70. The van der Waals surface area contributed by atoms with Gasteiger partial charge in [-0.2, -0.15) is 4.98 Å². The first-order valence-corrected chi connectivity index (χ1v) is 6.64. The summed E-state index contributed by atoms with van der Waals surface area (Å²) in [6, 6.07) is 9.86. The number of benzene rings is 1. The number of rotatable bonds is 6. The average Bonchev–Trinajstić information content (AvgIpc) is 2.46. The third kappa shape index (κ3) is 4.10. The van der Waals surface area contributed by atoms with Gasteiger partial charge in [0.25, 0.3) is 0 Å². The molecular formula is C14H16ClN3O. The zero-order chi connectivity index (χ0) is 13.5. The van der Waals surface area contributed by atoms with Gasteiger partial charge in [0.15, 0.2) is 0 Å². The van der Waals surface area contributed by atoms with Gasteiger partial charge < -0.3 is 10.1 Å². The van der Waals surface area contributed by atoms with Crippen molar-refractivity contribution in [3.05, 3.63) is 42.1 Å². The lowest BCUT2D eigenvalue weighted by Gasteiger charge is -2.07. The number of hydrogen-bond donors (Lipinski definition) is 1. The minimum absolute atomic E-state index is 0.522. The Kier molecular flexibility index (Phi) is 4.98. The van der Waals surface area contributed by atoms with E-state index in [1.165, 1.54) is 5.56 Å². The van der Waals surface area contributed by atoms with E-state index in [0.29, 0.717) is 17.7 Å². The number of aromatic nitrogens is 2. The molecule has 0 spiro atoms. The summed E-state index contributed by atoms with van der Waals surface area (Å²) in [7, 11) is 1.58. The number of nitrogens with one attached hydrogen (secondary N) is 1. The minimum atomic E-state index is 0.522. The van der Waals surface area contributed by atoms with Crippen molar-refractivity contribution in [2.45, 2.75) is 12.8 Å². The van der Waals surface area contributed by atoms with Crippen molar-refractivity contribution >= 4 is 23.2 Å². The molecule has 19 heavy (non-hydrogen) atoms. The lowest BCUT2D eigenvalue weighted by Crippen LogP contribution is -1.99. The SMILES string of the molecule is COc1ccnc(Nc2cccc(CCCCl)c2)n1. The standard InChI is InChI=1S/C14H16ClN3O/c1-19-13-7-9-16-14(18-13)17-12-6-2-4-11(10-12)5-3-8-15/h2,4,6-7,9-10H,3,5,8H2,1H3,(H,16,17,18). The van der Waals surface area contributed by atoms with Crippen LogP contribution in [-0.2, 0) is 6.42 Å².